The topological polar surface area (TPSA) is 0 Å². The molecular weight excluding hydrogens is 232 g/mol. The molecule has 0 heterocycles. The Labute approximate surface area is 75.0 Å². The van der Waals surface area contributed by atoms with E-state index in [2.05, 4.69) is 32.8 Å². The van der Waals surface area contributed by atoms with E-state index in [4.69, 9.17) is 0 Å². The van der Waals surface area contributed by atoms with Crippen molar-refractivity contribution in [3.05, 3.63) is 6.16 Å². The van der Waals surface area contributed by atoms with Crippen LogP contribution in [0.5, 0.6) is 0 Å². The first-order valence-corrected chi connectivity index (χ1v) is 7.50. The Morgan fingerprint density at radius 3 is 1.67 bits per heavy atom. The van der Waals surface area contributed by atoms with Crippen molar-refractivity contribution in [1.29, 1.82) is 0 Å². The van der Waals surface area contributed by atoms with Crippen LogP contribution in [0.15, 0.2) is 0 Å². The number of hydrogen-bond acceptors (Lipinski definition) is 0. The zero-order valence-corrected chi connectivity index (χ0v) is 10.2. The van der Waals surface area contributed by atoms with Gasteiger partial charge in [-0.05, 0) is 13.3 Å². The quantitative estimate of drug-likeness (QED) is 0.531. The van der Waals surface area contributed by atoms with Gasteiger partial charge >= 0.3 is 0 Å². The molecule has 0 spiro atoms. The molecule has 3 heteroatoms. The van der Waals surface area contributed by atoms with Gasteiger partial charge in [-0.2, -0.15) is 6.16 Å². The van der Waals surface area contributed by atoms with Crippen LogP contribution in [0.2, 0.25) is 0 Å². The van der Waals surface area contributed by atoms with Gasteiger partial charge < -0.3 is 0 Å². The maximum atomic E-state index is 2.46. The second-order valence-electron chi connectivity index (χ2n) is 2.41. The van der Waals surface area contributed by atoms with E-state index in [1.165, 1.54) is 6.16 Å². The van der Waals surface area contributed by atoms with E-state index in [1.54, 1.807) is 0 Å². The summed E-state index contributed by atoms with van der Waals surface area (Å²) in [5.74, 6) is 0. The predicted octanol–water partition coefficient (Wildman–Crippen LogP) is 2.63. The Morgan fingerprint density at radius 1 is 1.11 bits per heavy atom. The van der Waals surface area contributed by atoms with Crippen molar-refractivity contribution in [2.75, 3.05) is 32.8 Å². The molecule has 0 atom stereocenters. The van der Waals surface area contributed by atoms with Crippen LogP contribution in [-0.2, 0) is 20.1 Å². The van der Waals surface area contributed by atoms with Crippen molar-refractivity contribution in [3.8, 4) is 0 Å². The second kappa shape index (κ2) is 7.61. The standard InChI is InChI=1S/C6H15P2.Tc/c1-7(2)5-6-8(3)4;/h5H,6H2,1-4H3;/q-1;. The molecule has 9 heavy (non-hydrogen) atoms. The molecule has 0 aromatic rings. The first-order chi connectivity index (χ1) is 3.63. The van der Waals surface area contributed by atoms with Gasteiger partial charge in [-0.3, -0.25) is 14.1 Å². The predicted molar refractivity (Wildman–Crippen MR) is 46.7 cm³/mol. The van der Waals surface area contributed by atoms with Gasteiger partial charge in [-0.1, -0.05) is 13.3 Å². The van der Waals surface area contributed by atoms with Gasteiger partial charge in [0.2, 0.25) is 0 Å². The summed E-state index contributed by atoms with van der Waals surface area (Å²) in [6, 6.07) is 0. The third-order valence-electron chi connectivity index (χ3n) is 0.812. The van der Waals surface area contributed by atoms with Crippen LogP contribution in [0, 0.1) is 6.16 Å². The van der Waals surface area contributed by atoms with Gasteiger partial charge in [0.25, 0.3) is 0 Å². The van der Waals surface area contributed by atoms with E-state index in [0.29, 0.717) is 7.92 Å². The Morgan fingerprint density at radius 2 is 1.56 bits per heavy atom. The molecule has 0 fully saturated rings. The number of rotatable bonds is 3. The minimum atomic E-state index is 0. The van der Waals surface area contributed by atoms with Gasteiger partial charge in [0.1, 0.15) is 0 Å². The summed E-state index contributed by atoms with van der Waals surface area (Å²) in [5, 5.41) is 0. The minimum absolute atomic E-state index is 0. The summed E-state index contributed by atoms with van der Waals surface area (Å²) in [5.41, 5.74) is 0. The van der Waals surface area contributed by atoms with Crippen molar-refractivity contribution in [1.82, 2.24) is 0 Å². The van der Waals surface area contributed by atoms with Gasteiger partial charge in [0.15, 0.2) is 0 Å². The van der Waals surface area contributed by atoms with Crippen LogP contribution >= 0.6 is 15.8 Å². The van der Waals surface area contributed by atoms with Crippen molar-refractivity contribution in [2.24, 2.45) is 0 Å². The van der Waals surface area contributed by atoms with Gasteiger partial charge in [0.05, 0.1) is 0 Å². The molecule has 0 bridgehead atoms. The van der Waals surface area contributed by atoms with Crippen LogP contribution in [0.1, 0.15) is 0 Å². The molecule has 0 saturated carbocycles. The van der Waals surface area contributed by atoms with Crippen LogP contribution in [0.4, 0.5) is 0 Å². The van der Waals surface area contributed by atoms with Gasteiger partial charge in [-0.15, -0.1) is 7.92 Å². The molecule has 0 aromatic heterocycles. The third kappa shape index (κ3) is 12.7. The summed E-state index contributed by atoms with van der Waals surface area (Å²) >= 11 is 0. The smallest absolute Gasteiger partial charge is 0 e. The van der Waals surface area contributed by atoms with Crippen LogP contribution in [0.3, 0.4) is 0 Å². The molecule has 0 aliphatic heterocycles. The first kappa shape index (κ1) is 13.1. The van der Waals surface area contributed by atoms with E-state index < -0.39 is 0 Å². The molecule has 0 aliphatic carbocycles. The van der Waals surface area contributed by atoms with E-state index in [0.717, 1.165) is 0 Å². The summed E-state index contributed by atoms with van der Waals surface area (Å²) in [7, 11) is 0.586. The average Bonchev–Trinajstić information content (AvgIpc) is 1.61. The van der Waals surface area contributed by atoms with Gasteiger partial charge in [0, 0.05) is 20.1 Å². The summed E-state index contributed by atoms with van der Waals surface area (Å²) < 4.78 is 0. The van der Waals surface area contributed by atoms with Crippen LogP contribution in [0.25, 0.3) is 0 Å². The maximum Gasteiger partial charge on any atom is 0 e. The summed E-state index contributed by atoms with van der Waals surface area (Å²) in [6.45, 7) is 9.25. The summed E-state index contributed by atoms with van der Waals surface area (Å²) in [4.78, 5) is 0. The fourth-order valence-electron chi connectivity index (χ4n) is 0.327. The van der Waals surface area contributed by atoms with E-state index in [9.17, 15) is 0 Å². The minimum Gasteiger partial charge on any atom is -0.299 e. The van der Waals surface area contributed by atoms with E-state index >= 15 is 0 Å². The second-order valence-corrected chi connectivity index (χ2v) is 7.23. The molecule has 0 saturated heterocycles. The summed E-state index contributed by atoms with van der Waals surface area (Å²) in [6.07, 6.45) is 3.81. The third-order valence-corrected chi connectivity index (χ3v) is 2.93. The molecule has 1 radical (unpaired) electrons. The molecule has 0 N–H and O–H groups in total. The normalized spacial score (nSPS) is 10.0. The molecule has 0 rings (SSSR count). The molecule has 0 aromatic carbocycles. The Balaban J connectivity index is 0. The fraction of sp³-hybridized carbons (Fsp3) is 0.833. The molecule has 0 unspecified atom stereocenters. The van der Waals surface area contributed by atoms with E-state index in [-0.39, 0.29) is 28.0 Å². The number of hydrogen-bond donors (Lipinski definition) is 0. The van der Waals surface area contributed by atoms with Gasteiger partial charge in [-0.25, -0.2) is 0 Å². The maximum absolute atomic E-state index is 2.46. The van der Waals surface area contributed by atoms with Crippen LogP contribution < -0.4 is 0 Å². The molecule has 57 valence electrons. The van der Waals surface area contributed by atoms with Crippen molar-refractivity contribution >= 4 is 15.8 Å². The SMILES string of the molecule is CP(C)[CH-]CP(C)C.[Tc]. The fourth-order valence-corrected chi connectivity index (χ4v) is 2.94. The van der Waals surface area contributed by atoms with Crippen LogP contribution in [-0.4, -0.2) is 32.8 Å². The monoisotopic (exact) mass is 246 g/mol. The van der Waals surface area contributed by atoms with Crippen molar-refractivity contribution in [3.63, 3.8) is 0 Å². The van der Waals surface area contributed by atoms with Crippen molar-refractivity contribution in [2.45, 2.75) is 0 Å². The average molecular weight is 247 g/mol. The molecule has 0 nitrogen and oxygen atoms in total. The Bertz CT molecular complexity index is 47.0. The molecule has 0 amide bonds. The zero-order chi connectivity index (χ0) is 6.57. The van der Waals surface area contributed by atoms with Crippen molar-refractivity contribution < 1.29 is 20.1 Å². The zero-order valence-electron chi connectivity index (χ0n) is 6.56. The van der Waals surface area contributed by atoms with E-state index in [1.807, 2.05) is 0 Å². The Hall–Kier alpha value is 1.51. The largest absolute Gasteiger partial charge is 0.299 e. The molecule has 0 aliphatic rings. The Kier molecular flexibility index (Phi) is 11.1. The molecular formula is C6H15P2Tc-. The first-order valence-electron chi connectivity index (χ1n) is 2.77.